The van der Waals surface area contributed by atoms with Gasteiger partial charge in [-0.2, -0.15) is 0 Å². The van der Waals surface area contributed by atoms with Gasteiger partial charge in [0, 0.05) is 30.1 Å². The molecule has 1 heterocycles. The fraction of sp³-hybridized carbons (Fsp3) is 0.588. The first-order valence-corrected chi connectivity index (χ1v) is 8.96. The molecule has 1 fully saturated rings. The van der Waals surface area contributed by atoms with Crippen LogP contribution in [0, 0.1) is 0 Å². The van der Waals surface area contributed by atoms with Gasteiger partial charge in [-0.05, 0) is 52.4 Å². The smallest absolute Gasteiger partial charge is 0.320 e. The van der Waals surface area contributed by atoms with Crippen molar-refractivity contribution in [3.05, 3.63) is 29.8 Å². The first-order chi connectivity index (χ1) is 10.4. The molecular weight excluding hydrogens is 294 g/mol. The van der Waals surface area contributed by atoms with Crippen molar-refractivity contribution in [2.75, 3.05) is 24.7 Å². The van der Waals surface area contributed by atoms with Crippen molar-refractivity contribution < 1.29 is 4.79 Å². The van der Waals surface area contributed by atoms with Gasteiger partial charge in [0.1, 0.15) is 0 Å². The molecular formula is C17H27N3OS. The molecule has 5 heteroatoms. The minimum absolute atomic E-state index is 0.0369. The summed E-state index contributed by atoms with van der Waals surface area (Å²) in [6.45, 7) is 9.28. The third-order valence-corrected chi connectivity index (χ3v) is 5.28. The van der Waals surface area contributed by atoms with E-state index in [4.69, 9.17) is 0 Å². The number of rotatable bonds is 4. The van der Waals surface area contributed by atoms with Gasteiger partial charge in [-0.15, -0.1) is 11.8 Å². The van der Waals surface area contributed by atoms with E-state index >= 15 is 0 Å². The maximum absolute atomic E-state index is 12.4. The number of hydrogen-bond acceptors (Lipinski definition) is 3. The van der Waals surface area contributed by atoms with Gasteiger partial charge in [-0.3, -0.25) is 4.90 Å². The Kier molecular flexibility index (Phi) is 5.75. The molecule has 2 amide bonds. The molecule has 122 valence electrons. The largest absolute Gasteiger partial charge is 0.322 e. The zero-order chi connectivity index (χ0) is 16.3. The van der Waals surface area contributed by atoms with Crippen LogP contribution in [0.4, 0.5) is 10.5 Å². The molecule has 1 aliphatic rings. The summed E-state index contributed by atoms with van der Waals surface area (Å²) in [5.74, 6) is 1.18. The zero-order valence-electron chi connectivity index (χ0n) is 14.2. The highest BCUT2D eigenvalue weighted by molar-refractivity contribution is 7.99. The third-order valence-electron chi connectivity index (χ3n) is 3.91. The minimum Gasteiger partial charge on any atom is -0.320 e. The molecule has 1 aromatic rings. The molecule has 22 heavy (non-hydrogen) atoms. The predicted molar refractivity (Wildman–Crippen MR) is 95.4 cm³/mol. The number of carbonyl (C=O) groups excluding carboxylic acids is 1. The van der Waals surface area contributed by atoms with Gasteiger partial charge in [-0.25, -0.2) is 4.79 Å². The maximum Gasteiger partial charge on any atom is 0.322 e. The first kappa shape index (κ1) is 17.2. The van der Waals surface area contributed by atoms with Gasteiger partial charge < -0.3 is 10.2 Å². The van der Waals surface area contributed by atoms with Crippen molar-refractivity contribution >= 4 is 23.5 Å². The molecule has 0 bridgehead atoms. The second-order valence-electron chi connectivity index (χ2n) is 6.35. The van der Waals surface area contributed by atoms with Crippen LogP contribution in [0.3, 0.4) is 0 Å². The van der Waals surface area contributed by atoms with Crippen molar-refractivity contribution in [3.63, 3.8) is 0 Å². The number of amides is 2. The summed E-state index contributed by atoms with van der Waals surface area (Å²) in [5.41, 5.74) is 2.15. The number of nitrogens with zero attached hydrogens (tertiary/aromatic N) is 2. The van der Waals surface area contributed by atoms with Gasteiger partial charge in [0.15, 0.2) is 0 Å². The molecule has 1 atom stereocenters. The number of hydrogen-bond donors (Lipinski definition) is 1. The Hall–Kier alpha value is -1.20. The first-order valence-electron chi connectivity index (χ1n) is 7.91. The lowest BCUT2D eigenvalue weighted by molar-refractivity contribution is 0.178. The molecule has 0 aliphatic carbocycles. The molecule has 4 nitrogen and oxygen atoms in total. The molecule has 0 spiro atoms. The lowest BCUT2D eigenvalue weighted by Gasteiger charge is -2.30. The number of urea groups is 1. The summed E-state index contributed by atoms with van der Waals surface area (Å²) in [5, 5.41) is 3.44. The maximum atomic E-state index is 12.4. The zero-order valence-corrected chi connectivity index (χ0v) is 15.0. The van der Waals surface area contributed by atoms with E-state index in [-0.39, 0.29) is 18.1 Å². The molecule has 1 unspecified atom stereocenters. The highest BCUT2D eigenvalue weighted by atomic mass is 32.2. The molecule has 0 radical (unpaired) electrons. The van der Waals surface area contributed by atoms with Crippen LogP contribution in [0.25, 0.3) is 0 Å². The average molecular weight is 321 g/mol. The normalized spacial score (nSPS) is 19.0. The molecule has 0 saturated carbocycles. The van der Waals surface area contributed by atoms with E-state index in [1.54, 1.807) is 0 Å². The van der Waals surface area contributed by atoms with E-state index in [0.29, 0.717) is 5.37 Å². The van der Waals surface area contributed by atoms with E-state index in [9.17, 15) is 4.79 Å². The Morgan fingerprint density at radius 2 is 1.82 bits per heavy atom. The monoisotopic (exact) mass is 321 g/mol. The second-order valence-corrected chi connectivity index (χ2v) is 7.54. The number of carbonyl (C=O) groups is 1. The molecule has 1 N–H and O–H groups in total. The van der Waals surface area contributed by atoms with Gasteiger partial charge in [0.2, 0.25) is 0 Å². The Balaban J connectivity index is 2.03. The van der Waals surface area contributed by atoms with E-state index in [1.807, 2.05) is 56.5 Å². The fourth-order valence-corrected chi connectivity index (χ4v) is 4.21. The molecule has 1 saturated heterocycles. The fourth-order valence-electron chi connectivity index (χ4n) is 2.89. The van der Waals surface area contributed by atoms with E-state index in [0.717, 1.165) is 12.2 Å². The number of anilines is 1. The van der Waals surface area contributed by atoms with Crippen molar-refractivity contribution in [3.8, 4) is 0 Å². The van der Waals surface area contributed by atoms with Crippen LogP contribution in [-0.4, -0.2) is 47.3 Å². The van der Waals surface area contributed by atoms with Gasteiger partial charge in [-0.1, -0.05) is 12.1 Å². The highest BCUT2D eigenvalue weighted by Crippen LogP contribution is 2.36. The minimum atomic E-state index is -0.0369. The van der Waals surface area contributed by atoms with Gasteiger partial charge in [0.25, 0.3) is 0 Å². The predicted octanol–water partition coefficient (Wildman–Crippen LogP) is 4.01. The molecule has 1 aromatic carbocycles. The quantitative estimate of drug-likeness (QED) is 0.910. The standard InChI is InChI=1S/C17H27N3OS/c1-12(2)20(13(3)4)17(21)18-15-8-6-14(7-9-15)16-19(5)10-11-22-16/h6-9,12-13,16H,10-11H2,1-5H3,(H,18,21). The summed E-state index contributed by atoms with van der Waals surface area (Å²) >= 11 is 1.97. The number of thioether (sulfide) groups is 1. The summed E-state index contributed by atoms with van der Waals surface area (Å²) in [4.78, 5) is 16.6. The average Bonchev–Trinajstić information content (AvgIpc) is 2.85. The lowest BCUT2D eigenvalue weighted by atomic mass is 10.2. The SMILES string of the molecule is CC(C)N(C(=O)Nc1ccc(C2SCCN2C)cc1)C(C)C. The van der Waals surface area contributed by atoms with Crippen molar-refractivity contribution in [2.45, 2.75) is 45.2 Å². The Bertz CT molecular complexity index is 493. The van der Waals surface area contributed by atoms with Crippen molar-refractivity contribution in [2.24, 2.45) is 0 Å². The van der Waals surface area contributed by atoms with Crippen LogP contribution < -0.4 is 5.32 Å². The van der Waals surface area contributed by atoms with Crippen LogP contribution in [0.5, 0.6) is 0 Å². The molecule has 0 aromatic heterocycles. The Labute approximate surface area is 138 Å². The van der Waals surface area contributed by atoms with E-state index in [2.05, 4.69) is 29.4 Å². The van der Waals surface area contributed by atoms with E-state index in [1.165, 1.54) is 11.3 Å². The van der Waals surface area contributed by atoms with E-state index < -0.39 is 0 Å². The lowest BCUT2D eigenvalue weighted by Crippen LogP contribution is -2.44. The Morgan fingerprint density at radius 3 is 2.27 bits per heavy atom. The topological polar surface area (TPSA) is 35.6 Å². The number of benzene rings is 1. The third kappa shape index (κ3) is 3.96. The van der Waals surface area contributed by atoms with Gasteiger partial charge >= 0.3 is 6.03 Å². The van der Waals surface area contributed by atoms with Crippen molar-refractivity contribution in [1.82, 2.24) is 9.80 Å². The highest BCUT2D eigenvalue weighted by Gasteiger charge is 2.23. The summed E-state index contributed by atoms with van der Waals surface area (Å²) < 4.78 is 0. The van der Waals surface area contributed by atoms with Gasteiger partial charge in [0.05, 0.1) is 5.37 Å². The van der Waals surface area contributed by atoms with Crippen LogP contribution in [0.2, 0.25) is 0 Å². The Morgan fingerprint density at radius 1 is 1.23 bits per heavy atom. The van der Waals surface area contributed by atoms with Crippen LogP contribution in [0.15, 0.2) is 24.3 Å². The summed E-state index contributed by atoms with van der Waals surface area (Å²) in [6, 6.07) is 8.56. The van der Waals surface area contributed by atoms with Crippen LogP contribution >= 0.6 is 11.8 Å². The second kappa shape index (κ2) is 7.38. The van der Waals surface area contributed by atoms with Crippen molar-refractivity contribution in [1.29, 1.82) is 0 Å². The number of nitrogens with one attached hydrogen (secondary N) is 1. The summed E-state index contributed by atoms with van der Waals surface area (Å²) in [7, 11) is 2.16. The summed E-state index contributed by atoms with van der Waals surface area (Å²) in [6.07, 6.45) is 0. The molecule has 1 aliphatic heterocycles. The van der Waals surface area contributed by atoms with Crippen LogP contribution in [-0.2, 0) is 0 Å². The van der Waals surface area contributed by atoms with Crippen LogP contribution in [0.1, 0.15) is 38.6 Å². The molecule has 2 rings (SSSR count).